The van der Waals surface area contributed by atoms with Crippen molar-refractivity contribution < 1.29 is 4.74 Å². The first kappa shape index (κ1) is 13.1. The van der Waals surface area contributed by atoms with E-state index in [-0.39, 0.29) is 0 Å². The summed E-state index contributed by atoms with van der Waals surface area (Å²) in [5.74, 6) is 1.15. The summed E-state index contributed by atoms with van der Waals surface area (Å²) in [7, 11) is 0. The number of likely N-dealkylation sites (tertiary alicyclic amines) is 1. The molecule has 0 saturated carbocycles. The average Bonchev–Trinajstić information content (AvgIpc) is 2.98. The molecule has 4 heteroatoms. The topological polar surface area (TPSA) is 24.5 Å². The van der Waals surface area contributed by atoms with Crippen molar-refractivity contribution in [2.75, 3.05) is 19.7 Å². The van der Waals surface area contributed by atoms with Gasteiger partial charge in [-0.25, -0.2) is 0 Å². The van der Waals surface area contributed by atoms with Crippen LogP contribution >= 0.6 is 15.9 Å². The summed E-state index contributed by atoms with van der Waals surface area (Å²) in [4.78, 5) is 2.60. The van der Waals surface area contributed by atoms with E-state index in [2.05, 4.69) is 38.3 Å². The van der Waals surface area contributed by atoms with Crippen LogP contribution in [0.4, 0.5) is 0 Å². The second-order valence-electron chi connectivity index (χ2n) is 6.31. The van der Waals surface area contributed by atoms with Crippen LogP contribution in [-0.4, -0.2) is 36.7 Å². The lowest BCUT2D eigenvalue weighted by Crippen LogP contribution is -2.35. The fourth-order valence-electron chi connectivity index (χ4n) is 3.86. The molecule has 4 rings (SSSR count). The van der Waals surface area contributed by atoms with Gasteiger partial charge in [-0.1, -0.05) is 15.9 Å². The molecular formula is C16H21BrN2O. The number of hydrogen-bond acceptors (Lipinski definition) is 3. The zero-order valence-corrected chi connectivity index (χ0v) is 13.3. The maximum Gasteiger partial charge on any atom is 0.127 e. The first-order valence-electron chi connectivity index (χ1n) is 7.70. The summed E-state index contributed by atoms with van der Waals surface area (Å²) < 4.78 is 7.04. The number of nitrogens with one attached hydrogen (secondary N) is 1. The summed E-state index contributed by atoms with van der Waals surface area (Å²) >= 11 is 3.64. The highest BCUT2D eigenvalue weighted by molar-refractivity contribution is 9.10. The molecule has 1 aromatic carbocycles. The Bertz CT molecular complexity index is 519. The van der Waals surface area contributed by atoms with Gasteiger partial charge in [0.1, 0.15) is 5.75 Å². The van der Waals surface area contributed by atoms with Gasteiger partial charge in [-0.15, -0.1) is 0 Å². The van der Waals surface area contributed by atoms with Gasteiger partial charge in [0.05, 0.1) is 6.61 Å². The molecule has 2 fully saturated rings. The molecule has 2 unspecified atom stereocenters. The molecule has 0 amide bonds. The van der Waals surface area contributed by atoms with Crippen LogP contribution in [0.25, 0.3) is 0 Å². The number of ether oxygens (including phenoxy) is 1. The summed E-state index contributed by atoms with van der Waals surface area (Å²) in [5.41, 5.74) is 2.72. The lowest BCUT2D eigenvalue weighted by Gasteiger charge is -2.25. The molecule has 3 aliphatic rings. The van der Waals surface area contributed by atoms with E-state index in [1.165, 1.54) is 48.0 Å². The molecule has 1 N–H and O–H groups in total. The number of hydrogen-bond donors (Lipinski definition) is 1. The van der Waals surface area contributed by atoms with E-state index in [0.717, 1.165) is 31.4 Å². The number of nitrogens with zero attached hydrogens (tertiary/aromatic N) is 1. The van der Waals surface area contributed by atoms with Gasteiger partial charge in [0.25, 0.3) is 0 Å². The van der Waals surface area contributed by atoms with Crippen LogP contribution in [0.15, 0.2) is 16.6 Å². The van der Waals surface area contributed by atoms with E-state index in [4.69, 9.17) is 4.74 Å². The van der Waals surface area contributed by atoms with Crippen molar-refractivity contribution in [3.63, 3.8) is 0 Å². The lowest BCUT2D eigenvalue weighted by molar-refractivity contribution is 0.246. The molecule has 2 bridgehead atoms. The molecule has 0 aliphatic carbocycles. The van der Waals surface area contributed by atoms with Crippen molar-refractivity contribution >= 4 is 15.9 Å². The first-order valence-corrected chi connectivity index (χ1v) is 8.50. The van der Waals surface area contributed by atoms with Crippen molar-refractivity contribution in [2.45, 2.75) is 44.3 Å². The Morgan fingerprint density at radius 1 is 1.25 bits per heavy atom. The second kappa shape index (κ2) is 5.32. The fraction of sp³-hybridized carbons (Fsp3) is 0.625. The molecule has 0 aromatic heterocycles. The van der Waals surface area contributed by atoms with Crippen LogP contribution in [0.3, 0.4) is 0 Å². The third kappa shape index (κ3) is 2.49. The smallest absolute Gasteiger partial charge is 0.127 e. The van der Waals surface area contributed by atoms with E-state index < -0.39 is 0 Å². The molecule has 0 radical (unpaired) electrons. The van der Waals surface area contributed by atoms with Crippen LogP contribution in [0.1, 0.15) is 30.4 Å². The number of halogens is 1. The fourth-order valence-corrected chi connectivity index (χ4v) is 4.42. The van der Waals surface area contributed by atoms with Crippen LogP contribution < -0.4 is 10.1 Å². The van der Waals surface area contributed by atoms with Gasteiger partial charge < -0.3 is 10.1 Å². The maximum atomic E-state index is 5.86. The highest BCUT2D eigenvalue weighted by Gasteiger charge is 2.30. The van der Waals surface area contributed by atoms with E-state index in [0.29, 0.717) is 6.04 Å². The third-order valence-electron chi connectivity index (χ3n) is 4.83. The Labute approximate surface area is 128 Å². The van der Waals surface area contributed by atoms with Crippen LogP contribution in [-0.2, 0) is 13.0 Å². The Morgan fingerprint density at radius 3 is 3.10 bits per heavy atom. The average molecular weight is 337 g/mol. The molecule has 3 aliphatic heterocycles. The highest BCUT2D eigenvalue weighted by atomic mass is 79.9. The molecule has 2 saturated heterocycles. The Balaban J connectivity index is 1.54. The number of rotatable bonds is 2. The quantitative estimate of drug-likeness (QED) is 0.898. The SMILES string of the molecule is Brc1cc2c(c(CN3CCC4CCC(C3)N4)c1)OCC2. The lowest BCUT2D eigenvalue weighted by atomic mass is 10.1. The van der Waals surface area contributed by atoms with E-state index >= 15 is 0 Å². The molecule has 3 nitrogen and oxygen atoms in total. The monoisotopic (exact) mass is 336 g/mol. The van der Waals surface area contributed by atoms with E-state index in [1.54, 1.807) is 0 Å². The highest BCUT2D eigenvalue weighted by Crippen LogP contribution is 2.34. The minimum Gasteiger partial charge on any atom is -0.493 e. The normalized spacial score (nSPS) is 29.1. The van der Waals surface area contributed by atoms with E-state index in [1.807, 2.05) is 0 Å². The van der Waals surface area contributed by atoms with Crippen molar-refractivity contribution in [3.8, 4) is 5.75 Å². The minimum atomic E-state index is 0.698. The van der Waals surface area contributed by atoms with Gasteiger partial charge >= 0.3 is 0 Å². The molecule has 3 heterocycles. The zero-order valence-electron chi connectivity index (χ0n) is 11.7. The molecule has 1 aromatic rings. The van der Waals surface area contributed by atoms with Gasteiger partial charge in [0, 0.05) is 48.2 Å². The van der Waals surface area contributed by atoms with Gasteiger partial charge in [0.2, 0.25) is 0 Å². The predicted molar refractivity (Wildman–Crippen MR) is 83.2 cm³/mol. The molecule has 108 valence electrons. The molecule has 2 atom stereocenters. The Hall–Kier alpha value is -0.580. The summed E-state index contributed by atoms with van der Waals surface area (Å²) in [6.07, 6.45) is 5.05. The van der Waals surface area contributed by atoms with Gasteiger partial charge in [-0.05, 0) is 37.0 Å². The maximum absolute atomic E-state index is 5.86. The molecule has 20 heavy (non-hydrogen) atoms. The van der Waals surface area contributed by atoms with Crippen molar-refractivity contribution in [2.24, 2.45) is 0 Å². The Morgan fingerprint density at radius 2 is 2.15 bits per heavy atom. The predicted octanol–water partition coefficient (Wildman–Crippen LogP) is 2.71. The largest absolute Gasteiger partial charge is 0.493 e. The summed E-state index contributed by atoms with van der Waals surface area (Å²) in [5, 5.41) is 3.75. The van der Waals surface area contributed by atoms with Gasteiger partial charge in [0.15, 0.2) is 0 Å². The summed E-state index contributed by atoms with van der Waals surface area (Å²) in [6, 6.07) is 5.90. The van der Waals surface area contributed by atoms with Crippen LogP contribution in [0, 0.1) is 0 Å². The Kier molecular flexibility index (Phi) is 3.49. The molecular weight excluding hydrogens is 316 g/mol. The van der Waals surface area contributed by atoms with E-state index in [9.17, 15) is 0 Å². The van der Waals surface area contributed by atoms with Gasteiger partial charge in [-0.2, -0.15) is 0 Å². The van der Waals surface area contributed by atoms with Crippen molar-refractivity contribution in [1.82, 2.24) is 10.2 Å². The second-order valence-corrected chi connectivity index (χ2v) is 7.23. The number of fused-ring (bicyclic) bond motifs is 3. The standard InChI is InChI=1S/C16H21BrN2O/c17-13-7-11-4-6-20-16(11)12(8-13)9-19-5-3-14-1-2-15(10-19)18-14/h7-8,14-15,18H,1-6,9-10H2. The van der Waals surface area contributed by atoms with Crippen molar-refractivity contribution in [1.29, 1.82) is 0 Å². The van der Waals surface area contributed by atoms with Crippen LogP contribution in [0.2, 0.25) is 0 Å². The molecule has 0 spiro atoms. The first-order chi connectivity index (χ1) is 9.78. The van der Waals surface area contributed by atoms with Crippen LogP contribution in [0.5, 0.6) is 5.75 Å². The summed E-state index contributed by atoms with van der Waals surface area (Å²) in [6.45, 7) is 4.24. The van der Waals surface area contributed by atoms with Crippen molar-refractivity contribution in [3.05, 3.63) is 27.7 Å². The third-order valence-corrected chi connectivity index (χ3v) is 5.28. The minimum absolute atomic E-state index is 0.698. The number of benzene rings is 1. The zero-order chi connectivity index (χ0) is 13.5. The van der Waals surface area contributed by atoms with Gasteiger partial charge in [-0.3, -0.25) is 4.90 Å².